The number of nitrogens with zero attached hydrogens (tertiary/aromatic N) is 1. The van der Waals surface area contributed by atoms with Crippen LogP contribution in [0.5, 0.6) is 11.6 Å². The van der Waals surface area contributed by atoms with Gasteiger partial charge in [-0.05, 0) is 48.6 Å². The van der Waals surface area contributed by atoms with E-state index in [0.29, 0.717) is 17.5 Å². The molecule has 2 aromatic rings. The molecule has 0 amide bonds. The molecule has 1 heterocycles. The summed E-state index contributed by atoms with van der Waals surface area (Å²) in [5.74, 6) is 1.76. The van der Waals surface area contributed by atoms with E-state index in [1.165, 1.54) is 5.56 Å². The largest absolute Gasteiger partial charge is 0.437 e. The van der Waals surface area contributed by atoms with Crippen molar-refractivity contribution in [2.45, 2.75) is 33.6 Å². The molecule has 0 aliphatic carbocycles. The number of benzene rings is 1. The number of hydrogen-bond acceptors (Lipinski definition) is 3. The summed E-state index contributed by atoms with van der Waals surface area (Å²) < 4.78 is 5.88. The van der Waals surface area contributed by atoms with E-state index in [9.17, 15) is 0 Å². The van der Waals surface area contributed by atoms with Gasteiger partial charge in [-0.1, -0.05) is 26.0 Å². The number of nitrogens with two attached hydrogens (primary N) is 1. The number of aryl methyl sites for hydroxylation is 2. The van der Waals surface area contributed by atoms with E-state index in [0.717, 1.165) is 16.9 Å². The van der Waals surface area contributed by atoms with Crippen LogP contribution in [0.25, 0.3) is 0 Å². The normalized spacial score (nSPS) is 10.8. The van der Waals surface area contributed by atoms with Crippen LogP contribution in [0, 0.1) is 13.8 Å². The van der Waals surface area contributed by atoms with Gasteiger partial charge in [0.15, 0.2) is 0 Å². The highest BCUT2D eigenvalue weighted by atomic mass is 16.5. The molecule has 2 N–H and O–H groups in total. The summed E-state index contributed by atoms with van der Waals surface area (Å²) in [6.45, 7) is 8.29. The first-order chi connectivity index (χ1) is 8.99. The first-order valence-corrected chi connectivity index (χ1v) is 6.48. The van der Waals surface area contributed by atoms with Gasteiger partial charge in [-0.15, -0.1) is 0 Å². The second kappa shape index (κ2) is 5.31. The van der Waals surface area contributed by atoms with Gasteiger partial charge >= 0.3 is 0 Å². The summed E-state index contributed by atoms with van der Waals surface area (Å²) in [5.41, 5.74) is 9.88. The summed E-state index contributed by atoms with van der Waals surface area (Å²) in [7, 11) is 0. The Hall–Kier alpha value is -2.03. The Morgan fingerprint density at radius 1 is 1.11 bits per heavy atom. The van der Waals surface area contributed by atoms with Crippen LogP contribution in [-0.4, -0.2) is 4.98 Å². The SMILES string of the molecule is Cc1ccc(C(C)C)cc1Oc1nccc(C)c1N. The standard InChI is InChI=1S/C16H20N2O/c1-10(2)13-6-5-11(3)14(9-13)19-16-15(17)12(4)7-8-18-16/h5-10H,17H2,1-4H3. The third-order valence-corrected chi connectivity index (χ3v) is 3.26. The molecule has 3 heteroatoms. The van der Waals surface area contributed by atoms with Crippen LogP contribution in [0.15, 0.2) is 30.5 Å². The van der Waals surface area contributed by atoms with Gasteiger partial charge < -0.3 is 10.5 Å². The van der Waals surface area contributed by atoms with Gasteiger partial charge in [-0.3, -0.25) is 0 Å². The van der Waals surface area contributed by atoms with Crippen molar-refractivity contribution in [3.63, 3.8) is 0 Å². The van der Waals surface area contributed by atoms with Crippen molar-refractivity contribution in [1.29, 1.82) is 0 Å². The van der Waals surface area contributed by atoms with Crippen LogP contribution < -0.4 is 10.5 Å². The minimum absolute atomic E-state index is 0.464. The molecule has 0 bridgehead atoms. The topological polar surface area (TPSA) is 48.1 Å². The Kier molecular flexibility index (Phi) is 3.74. The molecule has 0 unspecified atom stereocenters. The monoisotopic (exact) mass is 256 g/mol. The molecule has 0 radical (unpaired) electrons. The molecule has 0 atom stereocenters. The fraction of sp³-hybridized carbons (Fsp3) is 0.312. The highest BCUT2D eigenvalue weighted by molar-refractivity contribution is 5.55. The van der Waals surface area contributed by atoms with Gasteiger partial charge in [-0.25, -0.2) is 4.98 Å². The van der Waals surface area contributed by atoms with Crippen molar-refractivity contribution in [1.82, 2.24) is 4.98 Å². The summed E-state index contributed by atoms with van der Waals surface area (Å²) in [6.07, 6.45) is 1.71. The summed E-state index contributed by atoms with van der Waals surface area (Å²) >= 11 is 0. The quantitative estimate of drug-likeness (QED) is 0.895. The predicted octanol–water partition coefficient (Wildman–Crippen LogP) is 4.20. The zero-order valence-corrected chi connectivity index (χ0v) is 11.9. The second-order valence-corrected chi connectivity index (χ2v) is 5.13. The van der Waals surface area contributed by atoms with Crippen molar-refractivity contribution in [3.05, 3.63) is 47.2 Å². The van der Waals surface area contributed by atoms with Crippen molar-refractivity contribution >= 4 is 5.69 Å². The molecule has 0 fully saturated rings. The summed E-state index contributed by atoms with van der Waals surface area (Å²) in [4.78, 5) is 4.20. The molecule has 2 rings (SSSR count). The highest BCUT2D eigenvalue weighted by Gasteiger charge is 2.09. The van der Waals surface area contributed by atoms with Gasteiger partial charge in [0, 0.05) is 6.20 Å². The minimum Gasteiger partial charge on any atom is -0.437 e. The molecular weight excluding hydrogens is 236 g/mol. The number of nitrogen functional groups attached to an aromatic ring is 1. The first kappa shape index (κ1) is 13.4. The maximum Gasteiger partial charge on any atom is 0.242 e. The molecule has 100 valence electrons. The molecule has 0 aliphatic rings. The van der Waals surface area contributed by atoms with Crippen LogP contribution >= 0.6 is 0 Å². The Labute approximate surface area is 114 Å². The van der Waals surface area contributed by atoms with Gasteiger partial charge in [0.1, 0.15) is 5.75 Å². The summed E-state index contributed by atoms with van der Waals surface area (Å²) in [6, 6.07) is 8.12. The Morgan fingerprint density at radius 2 is 1.84 bits per heavy atom. The molecule has 1 aromatic heterocycles. The first-order valence-electron chi connectivity index (χ1n) is 6.48. The lowest BCUT2D eigenvalue weighted by Crippen LogP contribution is -1.99. The summed E-state index contributed by atoms with van der Waals surface area (Å²) in [5, 5.41) is 0. The molecule has 0 spiro atoms. The second-order valence-electron chi connectivity index (χ2n) is 5.13. The molecule has 0 saturated heterocycles. The Morgan fingerprint density at radius 3 is 2.53 bits per heavy atom. The lowest BCUT2D eigenvalue weighted by molar-refractivity contribution is 0.460. The molecule has 0 aliphatic heterocycles. The van der Waals surface area contributed by atoms with Crippen LogP contribution in [0.1, 0.15) is 36.5 Å². The third kappa shape index (κ3) is 2.87. The van der Waals surface area contributed by atoms with E-state index < -0.39 is 0 Å². The molecule has 19 heavy (non-hydrogen) atoms. The number of ether oxygens (including phenoxy) is 1. The zero-order chi connectivity index (χ0) is 14.0. The average molecular weight is 256 g/mol. The lowest BCUT2D eigenvalue weighted by atomic mass is 10.0. The smallest absolute Gasteiger partial charge is 0.242 e. The van der Waals surface area contributed by atoms with Crippen LogP contribution in [0.3, 0.4) is 0 Å². The van der Waals surface area contributed by atoms with Gasteiger partial charge in [0.25, 0.3) is 0 Å². The predicted molar refractivity (Wildman–Crippen MR) is 78.7 cm³/mol. The molecular formula is C16H20N2O. The van der Waals surface area contributed by atoms with Crippen molar-refractivity contribution in [3.8, 4) is 11.6 Å². The third-order valence-electron chi connectivity index (χ3n) is 3.26. The number of pyridine rings is 1. The lowest BCUT2D eigenvalue weighted by Gasteiger charge is -2.13. The molecule has 3 nitrogen and oxygen atoms in total. The molecule has 1 aromatic carbocycles. The Balaban J connectivity index is 2.37. The fourth-order valence-corrected chi connectivity index (χ4v) is 1.82. The van der Waals surface area contributed by atoms with Crippen molar-refractivity contribution < 1.29 is 4.74 Å². The fourth-order valence-electron chi connectivity index (χ4n) is 1.82. The van der Waals surface area contributed by atoms with E-state index >= 15 is 0 Å². The highest BCUT2D eigenvalue weighted by Crippen LogP contribution is 2.31. The van der Waals surface area contributed by atoms with Gasteiger partial charge in [0.05, 0.1) is 5.69 Å². The zero-order valence-electron chi connectivity index (χ0n) is 11.9. The number of rotatable bonds is 3. The van der Waals surface area contributed by atoms with Gasteiger partial charge in [0.2, 0.25) is 5.88 Å². The van der Waals surface area contributed by atoms with Gasteiger partial charge in [-0.2, -0.15) is 0 Å². The van der Waals surface area contributed by atoms with E-state index in [-0.39, 0.29) is 0 Å². The molecule has 0 saturated carbocycles. The van der Waals surface area contributed by atoms with E-state index in [4.69, 9.17) is 10.5 Å². The number of anilines is 1. The van der Waals surface area contributed by atoms with Crippen LogP contribution in [-0.2, 0) is 0 Å². The number of hydrogen-bond donors (Lipinski definition) is 1. The minimum atomic E-state index is 0.464. The maximum atomic E-state index is 5.99. The average Bonchev–Trinajstić information content (AvgIpc) is 2.37. The maximum absolute atomic E-state index is 5.99. The van der Waals surface area contributed by atoms with Crippen LogP contribution in [0.4, 0.5) is 5.69 Å². The Bertz CT molecular complexity index is 591. The van der Waals surface area contributed by atoms with Crippen LogP contribution in [0.2, 0.25) is 0 Å². The van der Waals surface area contributed by atoms with Crippen molar-refractivity contribution in [2.75, 3.05) is 5.73 Å². The van der Waals surface area contributed by atoms with Crippen molar-refractivity contribution in [2.24, 2.45) is 0 Å². The number of aromatic nitrogens is 1. The van der Waals surface area contributed by atoms with E-state index in [1.807, 2.05) is 19.9 Å². The van der Waals surface area contributed by atoms with E-state index in [1.54, 1.807) is 6.20 Å². The van der Waals surface area contributed by atoms with E-state index in [2.05, 4.69) is 37.0 Å².